The number of amides is 1. The van der Waals surface area contributed by atoms with E-state index in [0.29, 0.717) is 24.6 Å². The van der Waals surface area contributed by atoms with Gasteiger partial charge >= 0.3 is 0 Å². The molecule has 2 rings (SSSR count). The summed E-state index contributed by atoms with van der Waals surface area (Å²) in [5.41, 5.74) is 0. The van der Waals surface area contributed by atoms with Gasteiger partial charge in [-0.3, -0.25) is 4.79 Å². The Bertz CT molecular complexity index is 269. The molecular formula is C13H24N2O3. The second-order valence-corrected chi connectivity index (χ2v) is 5.51. The summed E-state index contributed by atoms with van der Waals surface area (Å²) in [5.74, 6) is 0.577. The van der Waals surface area contributed by atoms with Crippen LogP contribution in [0.15, 0.2) is 0 Å². The van der Waals surface area contributed by atoms with Crippen LogP contribution in [-0.4, -0.2) is 62.4 Å². The van der Waals surface area contributed by atoms with Crippen molar-refractivity contribution < 1.29 is 14.3 Å². The molecule has 0 aromatic heterocycles. The van der Waals surface area contributed by atoms with Crippen molar-refractivity contribution in [2.24, 2.45) is 5.92 Å². The van der Waals surface area contributed by atoms with Gasteiger partial charge < -0.3 is 19.7 Å². The van der Waals surface area contributed by atoms with Crippen LogP contribution in [0.4, 0.5) is 0 Å². The number of nitrogens with zero attached hydrogens (tertiary/aromatic N) is 1. The van der Waals surface area contributed by atoms with Crippen LogP contribution in [0, 0.1) is 5.92 Å². The Balaban J connectivity index is 1.67. The number of nitrogens with one attached hydrogen (secondary N) is 1. The lowest BCUT2D eigenvalue weighted by Gasteiger charge is -2.36. The second-order valence-electron chi connectivity index (χ2n) is 5.51. The molecule has 0 aliphatic carbocycles. The van der Waals surface area contributed by atoms with Gasteiger partial charge in [0.05, 0.1) is 13.2 Å². The number of piperazine rings is 1. The average Bonchev–Trinajstić information content (AvgIpc) is 2.80. The summed E-state index contributed by atoms with van der Waals surface area (Å²) in [5, 5.41) is 3.41. The van der Waals surface area contributed by atoms with E-state index < -0.39 is 0 Å². The third-order valence-electron chi connectivity index (χ3n) is 3.51. The molecule has 0 spiro atoms. The molecule has 0 aromatic carbocycles. The molecule has 1 N–H and O–H groups in total. The first-order valence-corrected chi connectivity index (χ1v) is 6.84. The predicted molar refractivity (Wildman–Crippen MR) is 68.4 cm³/mol. The fourth-order valence-electron chi connectivity index (χ4n) is 2.65. The van der Waals surface area contributed by atoms with Gasteiger partial charge in [-0.15, -0.1) is 0 Å². The van der Waals surface area contributed by atoms with Crippen molar-refractivity contribution in [3.63, 3.8) is 0 Å². The van der Waals surface area contributed by atoms with Gasteiger partial charge in [0.2, 0.25) is 5.91 Å². The van der Waals surface area contributed by atoms with Crippen molar-refractivity contribution in [2.45, 2.75) is 32.4 Å². The van der Waals surface area contributed by atoms with E-state index in [2.05, 4.69) is 19.2 Å². The van der Waals surface area contributed by atoms with Crippen LogP contribution >= 0.6 is 0 Å². The van der Waals surface area contributed by atoms with E-state index >= 15 is 0 Å². The Labute approximate surface area is 109 Å². The predicted octanol–water partition coefficient (Wildman–Crippen LogP) is 0.248. The highest BCUT2D eigenvalue weighted by molar-refractivity contribution is 5.77. The maximum Gasteiger partial charge on any atom is 0.248 e. The third-order valence-corrected chi connectivity index (χ3v) is 3.51. The van der Waals surface area contributed by atoms with Gasteiger partial charge in [-0.05, 0) is 20.3 Å². The highest BCUT2D eigenvalue weighted by Gasteiger charge is 2.25. The summed E-state index contributed by atoms with van der Waals surface area (Å²) in [6.45, 7) is 8.21. The van der Waals surface area contributed by atoms with Crippen LogP contribution in [0.5, 0.6) is 0 Å². The van der Waals surface area contributed by atoms with Gasteiger partial charge in [-0.1, -0.05) is 0 Å². The average molecular weight is 256 g/mol. The van der Waals surface area contributed by atoms with Crippen LogP contribution in [-0.2, 0) is 14.3 Å². The lowest BCUT2D eigenvalue weighted by Crippen LogP contribution is -2.56. The molecule has 2 aliphatic heterocycles. The van der Waals surface area contributed by atoms with E-state index in [9.17, 15) is 4.79 Å². The maximum atomic E-state index is 12.0. The maximum absolute atomic E-state index is 12.0. The lowest BCUT2D eigenvalue weighted by atomic mass is 10.1. The van der Waals surface area contributed by atoms with E-state index in [1.165, 1.54) is 0 Å². The summed E-state index contributed by atoms with van der Waals surface area (Å²) >= 11 is 0. The minimum absolute atomic E-state index is 0.106. The molecule has 2 fully saturated rings. The third kappa shape index (κ3) is 3.93. The Hall–Kier alpha value is -0.650. The highest BCUT2D eigenvalue weighted by atomic mass is 16.5. The zero-order valence-corrected chi connectivity index (χ0v) is 11.4. The molecule has 5 heteroatoms. The van der Waals surface area contributed by atoms with Crippen molar-refractivity contribution in [3.8, 4) is 0 Å². The molecule has 5 nitrogen and oxygen atoms in total. The number of carbonyl (C=O) groups is 1. The first kappa shape index (κ1) is 13.8. The Kier molecular flexibility index (Phi) is 4.97. The van der Waals surface area contributed by atoms with E-state index in [1.807, 2.05) is 4.90 Å². The van der Waals surface area contributed by atoms with Gasteiger partial charge in [0.15, 0.2) is 0 Å². The van der Waals surface area contributed by atoms with Crippen LogP contribution < -0.4 is 5.32 Å². The normalized spacial score (nSPS) is 32.8. The Morgan fingerprint density at radius 2 is 2.11 bits per heavy atom. The SMILES string of the molecule is CC1CN(C(=O)COCC2CCOC2)CC(C)N1. The monoisotopic (exact) mass is 256 g/mol. The molecular weight excluding hydrogens is 232 g/mol. The Morgan fingerprint density at radius 1 is 1.39 bits per heavy atom. The summed E-state index contributed by atoms with van der Waals surface area (Å²) in [6, 6.07) is 0.724. The minimum Gasteiger partial charge on any atom is -0.381 e. The molecule has 18 heavy (non-hydrogen) atoms. The van der Waals surface area contributed by atoms with Crippen molar-refractivity contribution in [1.29, 1.82) is 0 Å². The first-order chi connectivity index (χ1) is 8.65. The minimum atomic E-state index is 0.106. The topological polar surface area (TPSA) is 50.8 Å². The van der Waals surface area contributed by atoms with E-state index in [4.69, 9.17) is 9.47 Å². The van der Waals surface area contributed by atoms with Crippen LogP contribution in [0.25, 0.3) is 0 Å². The van der Waals surface area contributed by atoms with E-state index in [1.54, 1.807) is 0 Å². The van der Waals surface area contributed by atoms with E-state index in [0.717, 1.165) is 32.7 Å². The van der Waals surface area contributed by atoms with Gasteiger partial charge in [-0.2, -0.15) is 0 Å². The first-order valence-electron chi connectivity index (χ1n) is 6.84. The number of hydrogen-bond acceptors (Lipinski definition) is 4. The number of carbonyl (C=O) groups excluding carboxylic acids is 1. The van der Waals surface area contributed by atoms with Crippen LogP contribution in [0.3, 0.4) is 0 Å². The molecule has 1 amide bonds. The van der Waals surface area contributed by atoms with Gasteiger partial charge in [0.25, 0.3) is 0 Å². The molecule has 0 aromatic rings. The number of rotatable bonds is 4. The molecule has 2 aliphatic rings. The molecule has 3 atom stereocenters. The highest BCUT2D eigenvalue weighted by Crippen LogP contribution is 2.12. The molecule has 2 saturated heterocycles. The molecule has 104 valence electrons. The fraction of sp³-hybridized carbons (Fsp3) is 0.923. The van der Waals surface area contributed by atoms with Crippen LogP contribution in [0.1, 0.15) is 20.3 Å². The number of hydrogen-bond donors (Lipinski definition) is 1. The second kappa shape index (κ2) is 6.50. The summed E-state index contributed by atoms with van der Waals surface area (Å²) in [4.78, 5) is 13.9. The van der Waals surface area contributed by atoms with Crippen LogP contribution in [0.2, 0.25) is 0 Å². The molecule has 0 radical (unpaired) electrons. The Morgan fingerprint density at radius 3 is 2.72 bits per heavy atom. The number of ether oxygens (including phenoxy) is 2. The zero-order valence-electron chi connectivity index (χ0n) is 11.4. The lowest BCUT2D eigenvalue weighted by molar-refractivity contribution is -0.138. The zero-order chi connectivity index (χ0) is 13.0. The van der Waals surface area contributed by atoms with Crippen molar-refractivity contribution in [2.75, 3.05) is 39.5 Å². The van der Waals surface area contributed by atoms with E-state index in [-0.39, 0.29) is 12.5 Å². The smallest absolute Gasteiger partial charge is 0.248 e. The van der Waals surface area contributed by atoms with Crippen molar-refractivity contribution in [3.05, 3.63) is 0 Å². The quantitative estimate of drug-likeness (QED) is 0.783. The largest absolute Gasteiger partial charge is 0.381 e. The summed E-state index contributed by atoms with van der Waals surface area (Å²) in [6.07, 6.45) is 1.05. The van der Waals surface area contributed by atoms with Crippen molar-refractivity contribution in [1.82, 2.24) is 10.2 Å². The molecule has 3 unspecified atom stereocenters. The summed E-state index contributed by atoms with van der Waals surface area (Å²) in [7, 11) is 0. The van der Waals surface area contributed by atoms with Gasteiger partial charge in [0.1, 0.15) is 6.61 Å². The summed E-state index contributed by atoms with van der Waals surface area (Å²) < 4.78 is 10.8. The van der Waals surface area contributed by atoms with Crippen molar-refractivity contribution >= 4 is 5.91 Å². The molecule has 2 heterocycles. The fourth-order valence-corrected chi connectivity index (χ4v) is 2.65. The standard InChI is InChI=1S/C13H24N2O3/c1-10-5-15(6-11(2)14-10)13(16)9-18-8-12-3-4-17-7-12/h10-12,14H,3-9H2,1-2H3. The molecule has 0 saturated carbocycles. The molecule has 0 bridgehead atoms. The van der Waals surface area contributed by atoms with Gasteiger partial charge in [-0.25, -0.2) is 0 Å². The van der Waals surface area contributed by atoms with Gasteiger partial charge in [0, 0.05) is 37.7 Å².